The second-order valence-electron chi connectivity index (χ2n) is 5.32. The molecule has 21 heavy (non-hydrogen) atoms. The average molecular weight is 324 g/mol. The number of amidine groups is 1. The summed E-state index contributed by atoms with van der Waals surface area (Å²) < 4.78 is 23.7. The van der Waals surface area contributed by atoms with Crippen LogP contribution in [0.25, 0.3) is 0 Å². The van der Waals surface area contributed by atoms with E-state index in [0.29, 0.717) is 5.75 Å². The van der Waals surface area contributed by atoms with Gasteiger partial charge >= 0.3 is 0 Å². The zero-order valence-electron chi connectivity index (χ0n) is 11.6. The van der Waals surface area contributed by atoms with Gasteiger partial charge in [-0.1, -0.05) is 30.0 Å². The van der Waals surface area contributed by atoms with E-state index in [2.05, 4.69) is 4.99 Å². The van der Waals surface area contributed by atoms with Crippen molar-refractivity contribution >= 4 is 38.2 Å². The van der Waals surface area contributed by atoms with E-state index in [1.54, 1.807) is 6.92 Å². The molecule has 5 nitrogen and oxygen atoms in total. The summed E-state index contributed by atoms with van der Waals surface area (Å²) >= 11 is 1.38. The predicted molar refractivity (Wildman–Crippen MR) is 85.7 cm³/mol. The molecule has 1 fully saturated rings. The van der Waals surface area contributed by atoms with Crippen molar-refractivity contribution in [3.63, 3.8) is 0 Å². The summed E-state index contributed by atoms with van der Waals surface area (Å²) in [5.41, 5.74) is 0.928. The van der Waals surface area contributed by atoms with Gasteiger partial charge in [-0.3, -0.25) is 9.79 Å². The number of carbonyl (C=O) groups excluding carboxylic acids is 1. The van der Waals surface area contributed by atoms with E-state index >= 15 is 0 Å². The van der Waals surface area contributed by atoms with Crippen LogP contribution >= 0.6 is 11.8 Å². The first-order chi connectivity index (χ1) is 9.96. The molecule has 3 rings (SSSR count). The van der Waals surface area contributed by atoms with Crippen LogP contribution in [-0.2, 0) is 14.6 Å². The normalized spacial score (nSPS) is 26.5. The summed E-state index contributed by atoms with van der Waals surface area (Å²) in [5.74, 6) is 0.667. The molecule has 7 heteroatoms. The SMILES string of the molecule is CC(=O)CSC1=N[C@H]2CS(=O)(=O)C[C@H]2N1c1ccccc1. The molecule has 1 aromatic rings. The minimum Gasteiger partial charge on any atom is -0.315 e. The highest BCUT2D eigenvalue weighted by molar-refractivity contribution is 8.14. The largest absolute Gasteiger partial charge is 0.315 e. The van der Waals surface area contributed by atoms with E-state index in [0.717, 1.165) is 10.9 Å². The third-order valence-electron chi connectivity index (χ3n) is 3.55. The van der Waals surface area contributed by atoms with Crippen LogP contribution in [0.15, 0.2) is 35.3 Å². The highest BCUT2D eigenvalue weighted by atomic mass is 32.2. The Morgan fingerprint density at radius 3 is 2.71 bits per heavy atom. The van der Waals surface area contributed by atoms with Crippen molar-refractivity contribution in [2.24, 2.45) is 4.99 Å². The number of hydrogen-bond acceptors (Lipinski definition) is 6. The van der Waals surface area contributed by atoms with Gasteiger partial charge in [0.05, 0.1) is 29.3 Å². The number of hydrogen-bond donors (Lipinski definition) is 0. The summed E-state index contributed by atoms with van der Waals surface area (Å²) in [5, 5.41) is 0.751. The van der Waals surface area contributed by atoms with Gasteiger partial charge in [-0.15, -0.1) is 0 Å². The van der Waals surface area contributed by atoms with E-state index in [9.17, 15) is 13.2 Å². The fraction of sp³-hybridized carbons (Fsp3) is 0.429. The van der Waals surface area contributed by atoms with Crippen LogP contribution in [0.5, 0.6) is 0 Å². The van der Waals surface area contributed by atoms with Gasteiger partial charge in [0.2, 0.25) is 0 Å². The van der Waals surface area contributed by atoms with E-state index in [4.69, 9.17) is 0 Å². The third-order valence-corrected chi connectivity index (χ3v) is 6.36. The molecule has 2 heterocycles. The van der Waals surface area contributed by atoms with Crippen molar-refractivity contribution in [1.82, 2.24) is 0 Å². The minimum absolute atomic E-state index is 0.0837. The molecule has 112 valence electrons. The quantitative estimate of drug-likeness (QED) is 0.839. The molecular formula is C14H16N2O3S2. The van der Waals surface area contributed by atoms with Crippen molar-refractivity contribution in [2.45, 2.75) is 19.0 Å². The van der Waals surface area contributed by atoms with Crippen LogP contribution < -0.4 is 4.90 Å². The maximum Gasteiger partial charge on any atom is 0.164 e. The van der Waals surface area contributed by atoms with E-state index < -0.39 is 9.84 Å². The Labute approximate surface area is 128 Å². The van der Waals surface area contributed by atoms with Gasteiger partial charge in [-0.05, 0) is 19.1 Å². The van der Waals surface area contributed by atoms with Crippen molar-refractivity contribution < 1.29 is 13.2 Å². The Hall–Kier alpha value is -1.34. The molecule has 2 aliphatic heterocycles. The van der Waals surface area contributed by atoms with Crippen LogP contribution in [-0.4, -0.2) is 48.7 Å². The van der Waals surface area contributed by atoms with Crippen LogP contribution in [0.4, 0.5) is 5.69 Å². The molecule has 0 unspecified atom stereocenters. The summed E-state index contributed by atoms with van der Waals surface area (Å²) in [6.07, 6.45) is 0. The number of aliphatic imine (C=N–C) groups is 1. The Morgan fingerprint density at radius 1 is 1.33 bits per heavy atom. The lowest BCUT2D eigenvalue weighted by Gasteiger charge is -2.26. The zero-order valence-corrected chi connectivity index (χ0v) is 13.2. The highest BCUT2D eigenvalue weighted by Crippen LogP contribution is 2.34. The number of benzene rings is 1. The number of carbonyl (C=O) groups is 1. The third kappa shape index (κ3) is 2.98. The van der Waals surface area contributed by atoms with E-state index in [-0.39, 0.29) is 29.4 Å². The minimum atomic E-state index is -3.03. The second kappa shape index (κ2) is 5.46. The summed E-state index contributed by atoms with van der Waals surface area (Å²) in [6.45, 7) is 1.54. The molecule has 0 bridgehead atoms. The number of ketones is 1. The molecule has 0 aliphatic carbocycles. The van der Waals surface area contributed by atoms with E-state index in [1.807, 2.05) is 35.2 Å². The van der Waals surface area contributed by atoms with Crippen molar-refractivity contribution in [3.05, 3.63) is 30.3 Å². The van der Waals surface area contributed by atoms with Gasteiger partial charge in [0.15, 0.2) is 15.0 Å². The lowest BCUT2D eigenvalue weighted by molar-refractivity contribution is -0.114. The number of para-hydroxylation sites is 1. The van der Waals surface area contributed by atoms with Gasteiger partial charge in [0, 0.05) is 5.69 Å². The van der Waals surface area contributed by atoms with Crippen molar-refractivity contribution in [2.75, 3.05) is 22.2 Å². The number of nitrogens with zero attached hydrogens (tertiary/aromatic N) is 2. The lowest BCUT2D eigenvalue weighted by atomic mass is 10.1. The van der Waals surface area contributed by atoms with Gasteiger partial charge in [0.1, 0.15) is 5.78 Å². The van der Waals surface area contributed by atoms with Crippen LogP contribution in [0.1, 0.15) is 6.92 Å². The number of anilines is 1. The van der Waals surface area contributed by atoms with Crippen LogP contribution in [0.2, 0.25) is 0 Å². The van der Waals surface area contributed by atoms with Crippen LogP contribution in [0.3, 0.4) is 0 Å². The fourth-order valence-corrected chi connectivity index (χ4v) is 5.46. The first-order valence-electron chi connectivity index (χ1n) is 6.71. The molecule has 0 radical (unpaired) electrons. The number of thioether (sulfide) groups is 1. The zero-order chi connectivity index (χ0) is 15.0. The van der Waals surface area contributed by atoms with Gasteiger partial charge in [0.25, 0.3) is 0 Å². The highest BCUT2D eigenvalue weighted by Gasteiger charge is 2.47. The second-order valence-corrected chi connectivity index (χ2v) is 8.42. The first kappa shape index (κ1) is 14.6. The topological polar surface area (TPSA) is 66.8 Å². The fourth-order valence-electron chi connectivity index (χ4n) is 2.69. The molecule has 2 aliphatic rings. The lowest BCUT2D eigenvalue weighted by Crippen LogP contribution is -2.39. The summed E-state index contributed by atoms with van der Waals surface area (Å²) in [4.78, 5) is 17.7. The smallest absolute Gasteiger partial charge is 0.164 e. The summed E-state index contributed by atoms with van der Waals surface area (Å²) in [6, 6.07) is 9.27. The van der Waals surface area contributed by atoms with Gasteiger partial charge < -0.3 is 4.90 Å². The molecule has 0 aromatic heterocycles. The Balaban J connectivity index is 1.92. The Morgan fingerprint density at radius 2 is 2.05 bits per heavy atom. The standard InChI is InChI=1S/C14H16N2O3S2/c1-10(17)7-20-14-15-12-8-21(18,19)9-13(12)16(14)11-5-3-2-4-6-11/h2-6,12-13H,7-9H2,1H3/t12-,13+/m0/s1. The van der Waals surface area contributed by atoms with E-state index in [1.165, 1.54) is 11.8 Å². The molecule has 0 saturated carbocycles. The molecule has 1 saturated heterocycles. The average Bonchev–Trinajstić information content (AvgIpc) is 2.88. The maximum atomic E-state index is 11.8. The first-order valence-corrected chi connectivity index (χ1v) is 9.52. The van der Waals surface area contributed by atoms with Gasteiger partial charge in [-0.25, -0.2) is 8.42 Å². The molecule has 0 spiro atoms. The van der Waals surface area contributed by atoms with Crippen LogP contribution in [0, 0.1) is 0 Å². The maximum absolute atomic E-state index is 11.8. The van der Waals surface area contributed by atoms with Gasteiger partial charge in [-0.2, -0.15) is 0 Å². The Kier molecular flexibility index (Phi) is 3.79. The molecule has 1 aromatic carbocycles. The molecule has 0 N–H and O–H groups in total. The Bertz CT molecular complexity index is 685. The monoisotopic (exact) mass is 324 g/mol. The molecule has 0 amide bonds. The van der Waals surface area contributed by atoms with Crippen molar-refractivity contribution in [1.29, 1.82) is 0 Å². The number of Topliss-reactive ketones (excluding diaryl/α,β-unsaturated/α-hetero) is 1. The predicted octanol–water partition coefficient (Wildman–Crippen LogP) is 1.35. The molecular weight excluding hydrogens is 308 g/mol. The number of sulfone groups is 1. The molecule has 2 atom stereocenters. The number of fused-ring (bicyclic) bond motifs is 1. The summed E-state index contributed by atoms with van der Waals surface area (Å²) in [7, 11) is -3.03. The van der Waals surface area contributed by atoms with Crippen molar-refractivity contribution in [3.8, 4) is 0 Å². The number of rotatable bonds is 3.